The number of nitrogens with zero attached hydrogens (tertiary/aromatic N) is 2. The van der Waals surface area contributed by atoms with Crippen molar-refractivity contribution in [3.05, 3.63) is 101 Å². The third kappa shape index (κ3) is 3.71. The number of aromatic nitrogens is 1. The van der Waals surface area contributed by atoms with Crippen molar-refractivity contribution >= 4 is 46.3 Å². The second-order valence-electron chi connectivity index (χ2n) is 6.51. The van der Waals surface area contributed by atoms with Gasteiger partial charge in [-0.2, -0.15) is 0 Å². The molecule has 8 heteroatoms. The first-order valence-electron chi connectivity index (χ1n) is 9.09. The highest BCUT2D eigenvalue weighted by Crippen LogP contribution is 2.33. The normalized spacial score (nSPS) is 16.2. The monoisotopic (exact) mass is 456 g/mol. The maximum Gasteiger partial charge on any atom is 0.338 e. The summed E-state index contributed by atoms with van der Waals surface area (Å²) in [6, 6.07) is 10.5. The fourth-order valence-corrected chi connectivity index (χ4v) is 5.30. The maximum atomic E-state index is 13.4. The number of rotatable bonds is 5. The zero-order valence-corrected chi connectivity index (χ0v) is 18.4. The summed E-state index contributed by atoms with van der Waals surface area (Å²) in [5.41, 5.74) is 1.42. The van der Waals surface area contributed by atoms with Crippen LogP contribution in [0.3, 0.4) is 0 Å². The Morgan fingerprint density at radius 1 is 1.33 bits per heavy atom. The number of thiazole rings is 1. The second kappa shape index (κ2) is 8.55. The van der Waals surface area contributed by atoms with E-state index < -0.39 is 12.0 Å². The van der Waals surface area contributed by atoms with E-state index in [9.17, 15) is 9.59 Å². The van der Waals surface area contributed by atoms with Gasteiger partial charge in [0.2, 0.25) is 0 Å². The van der Waals surface area contributed by atoms with Crippen LogP contribution in [0.25, 0.3) is 6.08 Å². The van der Waals surface area contributed by atoms with Crippen LogP contribution in [-0.2, 0) is 9.53 Å². The van der Waals surface area contributed by atoms with Gasteiger partial charge in [0.1, 0.15) is 12.6 Å². The fraction of sp³-hybridized carbons (Fsp3) is 0.136. The van der Waals surface area contributed by atoms with Gasteiger partial charge in [-0.15, -0.1) is 11.3 Å². The highest BCUT2D eigenvalue weighted by Gasteiger charge is 2.33. The summed E-state index contributed by atoms with van der Waals surface area (Å²) in [6.45, 7) is 5.43. The minimum Gasteiger partial charge on any atom is -0.458 e. The third-order valence-electron chi connectivity index (χ3n) is 4.58. The lowest BCUT2D eigenvalue weighted by Crippen LogP contribution is -2.39. The van der Waals surface area contributed by atoms with Crippen molar-refractivity contribution in [3.8, 4) is 0 Å². The van der Waals surface area contributed by atoms with Crippen LogP contribution in [0.15, 0.2) is 75.5 Å². The lowest BCUT2D eigenvalue weighted by atomic mass is 10.0. The van der Waals surface area contributed by atoms with Gasteiger partial charge in [0.15, 0.2) is 4.80 Å². The fourth-order valence-electron chi connectivity index (χ4n) is 3.24. The first kappa shape index (κ1) is 20.5. The Balaban J connectivity index is 1.93. The van der Waals surface area contributed by atoms with Crippen LogP contribution in [0.2, 0.25) is 5.02 Å². The first-order chi connectivity index (χ1) is 14.5. The number of carbonyl (C=O) groups is 1. The van der Waals surface area contributed by atoms with Gasteiger partial charge in [0.25, 0.3) is 5.56 Å². The molecular formula is C22H17ClN2O3S2. The van der Waals surface area contributed by atoms with Gasteiger partial charge < -0.3 is 4.74 Å². The number of hydrogen-bond donors (Lipinski definition) is 0. The van der Waals surface area contributed by atoms with Gasteiger partial charge in [0.05, 0.1) is 15.8 Å². The van der Waals surface area contributed by atoms with E-state index in [0.29, 0.717) is 25.6 Å². The van der Waals surface area contributed by atoms with Crippen molar-refractivity contribution in [3.63, 3.8) is 0 Å². The molecule has 0 saturated carbocycles. The summed E-state index contributed by atoms with van der Waals surface area (Å²) in [6.07, 6.45) is 3.26. The zero-order chi connectivity index (χ0) is 21.3. The van der Waals surface area contributed by atoms with E-state index in [2.05, 4.69) is 11.6 Å². The molecule has 1 aliphatic rings. The Labute approximate surface area is 185 Å². The third-order valence-corrected chi connectivity index (χ3v) is 6.83. The van der Waals surface area contributed by atoms with Crippen molar-refractivity contribution in [2.45, 2.75) is 13.0 Å². The molecule has 1 aliphatic heterocycles. The Kier molecular flexibility index (Phi) is 5.85. The molecule has 5 nitrogen and oxygen atoms in total. The predicted molar refractivity (Wildman–Crippen MR) is 121 cm³/mol. The van der Waals surface area contributed by atoms with Crippen LogP contribution < -0.4 is 14.9 Å². The average Bonchev–Trinajstić information content (AvgIpc) is 3.36. The number of esters is 1. The van der Waals surface area contributed by atoms with Crippen molar-refractivity contribution < 1.29 is 9.53 Å². The van der Waals surface area contributed by atoms with Gasteiger partial charge in [0, 0.05) is 9.90 Å². The number of halogens is 1. The highest BCUT2D eigenvalue weighted by molar-refractivity contribution is 7.10. The minimum absolute atomic E-state index is 0.0870. The smallest absolute Gasteiger partial charge is 0.338 e. The van der Waals surface area contributed by atoms with Crippen LogP contribution in [-0.4, -0.2) is 17.1 Å². The number of fused-ring (bicyclic) bond motifs is 1. The molecule has 2 aromatic heterocycles. The number of hydrogen-bond acceptors (Lipinski definition) is 6. The van der Waals surface area contributed by atoms with E-state index in [4.69, 9.17) is 16.3 Å². The molecule has 0 spiro atoms. The van der Waals surface area contributed by atoms with Crippen LogP contribution in [0.4, 0.5) is 0 Å². The molecule has 0 N–H and O–H groups in total. The van der Waals surface area contributed by atoms with Crippen molar-refractivity contribution in [2.75, 3.05) is 6.61 Å². The van der Waals surface area contributed by atoms with Crippen LogP contribution >= 0.6 is 34.3 Å². The van der Waals surface area contributed by atoms with Crippen LogP contribution in [0.5, 0.6) is 0 Å². The molecule has 3 heterocycles. The lowest BCUT2D eigenvalue weighted by Gasteiger charge is -2.23. The van der Waals surface area contributed by atoms with Gasteiger partial charge >= 0.3 is 5.97 Å². The largest absolute Gasteiger partial charge is 0.458 e. The molecule has 3 aromatic rings. The van der Waals surface area contributed by atoms with E-state index in [1.165, 1.54) is 28.7 Å². The number of thiophene rings is 1. The number of allylic oxidation sites excluding steroid dienone is 1. The molecule has 0 bridgehead atoms. The van der Waals surface area contributed by atoms with Crippen LogP contribution in [0, 0.1) is 0 Å². The zero-order valence-electron chi connectivity index (χ0n) is 16.0. The molecule has 0 aliphatic carbocycles. The van der Waals surface area contributed by atoms with E-state index >= 15 is 0 Å². The lowest BCUT2D eigenvalue weighted by molar-refractivity contribution is -0.138. The summed E-state index contributed by atoms with van der Waals surface area (Å²) in [5, 5.41) is 2.47. The summed E-state index contributed by atoms with van der Waals surface area (Å²) < 4.78 is 7.36. The van der Waals surface area contributed by atoms with Crippen molar-refractivity contribution in [1.82, 2.24) is 4.57 Å². The van der Waals surface area contributed by atoms with Crippen molar-refractivity contribution in [1.29, 1.82) is 0 Å². The molecule has 1 atom stereocenters. The molecule has 0 amide bonds. The maximum absolute atomic E-state index is 13.4. The Bertz CT molecular complexity index is 1330. The van der Waals surface area contributed by atoms with Gasteiger partial charge in [-0.05, 0) is 36.1 Å². The molecule has 0 fully saturated rings. The summed E-state index contributed by atoms with van der Waals surface area (Å²) >= 11 is 9.01. The first-order valence-corrected chi connectivity index (χ1v) is 11.2. The molecule has 152 valence electrons. The highest BCUT2D eigenvalue weighted by atomic mass is 35.5. The molecule has 1 unspecified atom stereocenters. The Morgan fingerprint density at radius 2 is 2.13 bits per heavy atom. The second-order valence-corrected chi connectivity index (χ2v) is 8.90. The molecule has 0 radical (unpaired) electrons. The number of carbonyl (C=O) groups excluding carboxylic acids is 1. The summed E-state index contributed by atoms with van der Waals surface area (Å²) in [5.74, 6) is -0.505. The quantitative estimate of drug-likeness (QED) is 0.434. The van der Waals surface area contributed by atoms with E-state index in [1.54, 1.807) is 23.6 Å². The van der Waals surface area contributed by atoms with E-state index in [-0.39, 0.29) is 12.2 Å². The van der Waals surface area contributed by atoms with Gasteiger partial charge in [-0.25, -0.2) is 9.79 Å². The Morgan fingerprint density at radius 3 is 2.83 bits per heavy atom. The number of ether oxygens (including phenoxy) is 1. The predicted octanol–water partition coefficient (Wildman–Crippen LogP) is 3.68. The molecule has 1 aromatic carbocycles. The summed E-state index contributed by atoms with van der Waals surface area (Å²) in [4.78, 5) is 32.1. The SMILES string of the molecule is C=CCOC(=O)C1=C(C)N=c2s/c(=C\c3ccccc3Cl)c(=O)n2C1c1cccs1. The van der Waals surface area contributed by atoms with E-state index in [1.807, 2.05) is 35.7 Å². The van der Waals surface area contributed by atoms with Crippen LogP contribution in [0.1, 0.15) is 23.4 Å². The molecular weight excluding hydrogens is 440 g/mol. The van der Waals surface area contributed by atoms with Gasteiger partial charge in [-0.3, -0.25) is 9.36 Å². The molecule has 30 heavy (non-hydrogen) atoms. The van der Waals surface area contributed by atoms with Crippen molar-refractivity contribution in [2.24, 2.45) is 4.99 Å². The summed E-state index contributed by atoms with van der Waals surface area (Å²) in [7, 11) is 0. The minimum atomic E-state index is -0.591. The molecule has 0 saturated heterocycles. The van der Waals surface area contributed by atoms with E-state index in [0.717, 1.165) is 10.4 Å². The van der Waals surface area contributed by atoms with Gasteiger partial charge in [-0.1, -0.05) is 59.9 Å². The topological polar surface area (TPSA) is 60.7 Å². The molecule has 4 rings (SSSR count). The standard InChI is InChI=1S/C22H17ClN2O3S2/c1-3-10-28-21(27)18-13(2)24-22-25(19(18)16-9-6-11-29-16)20(26)17(30-22)12-14-7-4-5-8-15(14)23/h3-9,11-12,19H,1,10H2,2H3/b17-12-. The number of benzene rings is 1. The Hall–Kier alpha value is -2.74. The average molecular weight is 457 g/mol.